The molecule has 0 N–H and O–H groups in total. The minimum Gasteiger partial charge on any atom is -0.256 e. The van der Waals surface area contributed by atoms with Gasteiger partial charge in [-0.1, -0.05) is 32.9 Å². The van der Waals surface area contributed by atoms with Crippen molar-refractivity contribution in [3.8, 4) is 0 Å². The first-order valence-corrected chi connectivity index (χ1v) is 5.39. The van der Waals surface area contributed by atoms with Crippen LogP contribution in [0.3, 0.4) is 0 Å². The van der Waals surface area contributed by atoms with Crippen LogP contribution in [-0.2, 0) is 6.42 Å². The largest absolute Gasteiger partial charge is 0.256 e. The summed E-state index contributed by atoms with van der Waals surface area (Å²) in [5, 5.41) is 0. The lowest BCUT2D eigenvalue weighted by Crippen LogP contribution is -2.04. The zero-order valence-electron chi connectivity index (χ0n) is 9.54. The molecule has 1 aliphatic rings. The molecular weight excluding hydrogens is 170 g/mol. The Balaban J connectivity index is 0.000000461. The zero-order chi connectivity index (χ0) is 10.6. The van der Waals surface area contributed by atoms with E-state index in [9.17, 15) is 0 Å². The molecule has 1 nitrogen and oxygen atoms in total. The van der Waals surface area contributed by atoms with Crippen molar-refractivity contribution in [2.24, 2.45) is 5.92 Å². The van der Waals surface area contributed by atoms with Gasteiger partial charge in [-0.25, -0.2) is 0 Å². The van der Waals surface area contributed by atoms with E-state index in [0.29, 0.717) is 5.92 Å². The van der Waals surface area contributed by atoms with Gasteiger partial charge in [0.25, 0.3) is 0 Å². The fraction of sp³-hybridized carbons (Fsp3) is 0.462. The molecule has 0 radical (unpaired) electrons. The van der Waals surface area contributed by atoms with Crippen LogP contribution in [0, 0.1) is 12.8 Å². The van der Waals surface area contributed by atoms with Crippen molar-refractivity contribution < 1.29 is 0 Å². The predicted octanol–water partition coefficient (Wildman–Crippen LogP) is 3.62. The van der Waals surface area contributed by atoms with Crippen LogP contribution in [0.15, 0.2) is 18.3 Å². The highest BCUT2D eigenvalue weighted by Gasteiger charge is 2.10. The Morgan fingerprint density at radius 1 is 1.36 bits per heavy atom. The van der Waals surface area contributed by atoms with Gasteiger partial charge in [0.1, 0.15) is 0 Å². The number of hydrogen-bond acceptors (Lipinski definition) is 1. The van der Waals surface area contributed by atoms with E-state index in [4.69, 9.17) is 0 Å². The van der Waals surface area contributed by atoms with Crippen LogP contribution in [0.5, 0.6) is 0 Å². The number of pyridine rings is 1. The molecule has 1 aromatic heterocycles. The summed E-state index contributed by atoms with van der Waals surface area (Å²) in [4.78, 5) is 4.37. The Morgan fingerprint density at radius 2 is 2.07 bits per heavy atom. The SMILES string of the molecule is CC.Cc1cnc2c(c1)CC(C)C=C2. The molecule has 1 aliphatic carbocycles. The molecule has 1 heterocycles. The molecular formula is C13H19N. The van der Waals surface area contributed by atoms with E-state index in [1.807, 2.05) is 20.0 Å². The maximum atomic E-state index is 4.37. The van der Waals surface area contributed by atoms with Gasteiger partial charge in [-0.15, -0.1) is 0 Å². The second-order valence-corrected chi connectivity index (χ2v) is 3.60. The molecule has 76 valence electrons. The Labute approximate surface area is 86.9 Å². The highest BCUT2D eigenvalue weighted by Crippen LogP contribution is 2.21. The minimum absolute atomic E-state index is 0.668. The molecule has 0 aromatic carbocycles. The second kappa shape index (κ2) is 4.94. The van der Waals surface area contributed by atoms with Crippen molar-refractivity contribution in [2.75, 3.05) is 0 Å². The molecule has 0 fully saturated rings. The van der Waals surface area contributed by atoms with Gasteiger partial charge in [0.05, 0.1) is 5.69 Å². The molecule has 0 saturated heterocycles. The lowest BCUT2D eigenvalue weighted by molar-refractivity contribution is 0.712. The highest BCUT2D eigenvalue weighted by molar-refractivity contribution is 5.53. The summed E-state index contributed by atoms with van der Waals surface area (Å²) < 4.78 is 0. The van der Waals surface area contributed by atoms with E-state index in [1.165, 1.54) is 11.1 Å². The average Bonchev–Trinajstić information content (AvgIpc) is 2.20. The normalized spacial score (nSPS) is 18.1. The van der Waals surface area contributed by atoms with Crippen LogP contribution in [0.4, 0.5) is 0 Å². The third kappa shape index (κ3) is 2.44. The van der Waals surface area contributed by atoms with Gasteiger partial charge < -0.3 is 0 Å². The zero-order valence-corrected chi connectivity index (χ0v) is 9.54. The molecule has 1 atom stereocenters. The summed E-state index contributed by atoms with van der Waals surface area (Å²) in [6, 6.07) is 2.24. The van der Waals surface area contributed by atoms with Gasteiger partial charge in [-0.05, 0) is 36.5 Å². The van der Waals surface area contributed by atoms with Crippen molar-refractivity contribution in [3.05, 3.63) is 35.2 Å². The third-order valence-corrected chi connectivity index (χ3v) is 2.26. The van der Waals surface area contributed by atoms with E-state index >= 15 is 0 Å². The fourth-order valence-corrected chi connectivity index (χ4v) is 1.62. The number of aryl methyl sites for hydroxylation is 1. The van der Waals surface area contributed by atoms with Gasteiger partial charge in [0.2, 0.25) is 0 Å². The van der Waals surface area contributed by atoms with E-state index in [-0.39, 0.29) is 0 Å². The molecule has 0 spiro atoms. The van der Waals surface area contributed by atoms with Crippen LogP contribution >= 0.6 is 0 Å². The van der Waals surface area contributed by atoms with Crippen LogP contribution in [0.25, 0.3) is 6.08 Å². The molecule has 1 heteroatoms. The quantitative estimate of drug-likeness (QED) is 0.607. The summed E-state index contributed by atoms with van der Waals surface area (Å²) in [6.07, 6.45) is 7.42. The topological polar surface area (TPSA) is 12.9 Å². The van der Waals surface area contributed by atoms with Crippen LogP contribution in [0.1, 0.15) is 37.6 Å². The first-order valence-electron chi connectivity index (χ1n) is 5.39. The van der Waals surface area contributed by atoms with Crippen molar-refractivity contribution in [2.45, 2.75) is 34.1 Å². The van der Waals surface area contributed by atoms with Crippen molar-refractivity contribution in [3.63, 3.8) is 0 Å². The molecule has 0 aliphatic heterocycles. The number of fused-ring (bicyclic) bond motifs is 1. The maximum absolute atomic E-state index is 4.37. The van der Waals surface area contributed by atoms with Crippen LogP contribution in [-0.4, -0.2) is 4.98 Å². The van der Waals surface area contributed by atoms with Gasteiger partial charge in [-0.3, -0.25) is 4.98 Å². The standard InChI is InChI=1S/C11H13N.C2H6/c1-8-3-4-11-10(5-8)6-9(2)7-12-11;1-2/h3-4,6-8H,5H2,1-2H3;1-2H3. The van der Waals surface area contributed by atoms with E-state index in [2.05, 4.69) is 37.0 Å². The molecule has 1 unspecified atom stereocenters. The molecule has 14 heavy (non-hydrogen) atoms. The summed E-state index contributed by atoms with van der Waals surface area (Å²) in [5.41, 5.74) is 3.81. The summed E-state index contributed by atoms with van der Waals surface area (Å²) in [5.74, 6) is 0.668. The predicted molar refractivity (Wildman–Crippen MR) is 62.2 cm³/mol. The number of rotatable bonds is 0. The second-order valence-electron chi connectivity index (χ2n) is 3.60. The van der Waals surface area contributed by atoms with Crippen molar-refractivity contribution in [1.82, 2.24) is 4.98 Å². The Kier molecular flexibility index (Phi) is 3.87. The van der Waals surface area contributed by atoms with Crippen LogP contribution in [0.2, 0.25) is 0 Å². The first-order chi connectivity index (χ1) is 6.75. The molecule has 1 aromatic rings. The molecule has 2 rings (SSSR count). The number of hydrogen-bond donors (Lipinski definition) is 0. The summed E-state index contributed by atoms with van der Waals surface area (Å²) in [7, 11) is 0. The Hall–Kier alpha value is -1.11. The first kappa shape index (κ1) is 11.0. The van der Waals surface area contributed by atoms with Gasteiger partial charge in [0, 0.05) is 6.20 Å². The van der Waals surface area contributed by atoms with Gasteiger partial charge in [-0.2, -0.15) is 0 Å². The summed E-state index contributed by atoms with van der Waals surface area (Å²) in [6.45, 7) is 8.33. The van der Waals surface area contributed by atoms with Gasteiger partial charge in [0.15, 0.2) is 0 Å². The van der Waals surface area contributed by atoms with Gasteiger partial charge >= 0.3 is 0 Å². The van der Waals surface area contributed by atoms with Crippen molar-refractivity contribution >= 4 is 6.08 Å². The monoisotopic (exact) mass is 189 g/mol. The van der Waals surface area contributed by atoms with Crippen LogP contribution < -0.4 is 0 Å². The number of allylic oxidation sites excluding steroid dienone is 1. The van der Waals surface area contributed by atoms with E-state index in [0.717, 1.165) is 12.1 Å². The Morgan fingerprint density at radius 3 is 2.79 bits per heavy atom. The van der Waals surface area contributed by atoms with Crippen molar-refractivity contribution in [1.29, 1.82) is 0 Å². The maximum Gasteiger partial charge on any atom is 0.0658 e. The Bertz CT molecular complexity index is 326. The fourth-order valence-electron chi connectivity index (χ4n) is 1.62. The molecule has 0 saturated carbocycles. The number of aromatic nitrogens is 1. The lowest BCUT2D eigenvalue weighted by Gasteiger charge is -2.14. The summed E-state index contributed by atoms with van der Waals surface area (Å²) >= 11 is 0. The van der Waals surface area contributed by atoms with E-state index < -0.39 is 0 Å². The lowest BCUT2D eigenvalue weighted by atomic mass is 9.93. The highest BCUT2D eigenvalue weighted by atomic mass is 14.7. The molecule has 0 amide bonds. The average molecular weight is 189 g/mol. The van der Waals surface area contributed by atoms with E-state index in [1.54, 1.807) is 0 Å². The molecule has 0 bridgehead atoms. The minimum atomic E-state index is 0.668. The third-order valence-electron chi connectivity index (χ3n) is 2.26. The smallest absolute Gasteiger partial charge is 0.0658 e. The number of nitrogens with zero attached hydrogens (tertiary/aromatic N) is 1.